The number of hydrogen-bond donors (Lipinski definition) is 1. The molecule has 0 aromatic heterocycles. The van der Waals surface area contributed by atoms with E-state index in [1.54, 1.807) is 36.4 Å². The Balaban J connectivity index is 1.48. The standard InChI is InChI=1S/C24H25ClN2O4S/c1-27-24(19-8-5-9-22(16-19)31-21-12-10-20(25)11-13-21)23(17-30-27)32(28,29)26-15-14-18-6-3-2-4-7-18/h2-13,16,23-24,26H,14-15,17H2,1H3/t23-,24-/m0/s1. The molecule has 4 rings (SSSR count). The Bertz CT molecular complexity index is 1140. The summed E-state index contributed by atoms with van der Waals surface area (Å²) in [6, 6.07) is 23.8. The number of ether oxygens (including phenoxy) is 1. The number of hydrogen-bond acceptors (Lipinski definition) is 5. The summed E-state index contributed by atoms with van der Waals surface area (Å²) in [6.45, 7) is 0.420. The van der Waals surface area contributed by atoms with Crippen molar-refractivity contribution in [2.75, 3.05) is 20.2 Å². The molecule has 0 bridgehead atoms. The molecule has 2 atom stereocenters. The highest BCUT2D eigenvalue weighted by atomic mass is 35.5. The van der Waals surface area contributed by atoms with Gasteiger partial charge in [-0.25, -0.2) is 13.1 Å². The Kier molecular flexibility index (Phi) is 7.13. The van der Waals surface area contributed by atoms with Crippen molar-refractivity contribution in [3.8, 4) is 11.5 Å². The third-order valence-electron chi connectivity index (χ3n) is 5.39. The fourth-order valence-corrected chi connectivity index (χ4v) is 5.41. The summed E-state index contributed by atoms with van der Waals surface area (Å²) in [7, 11) is -1.86. The summed E-state index contributed by atoms with van der Waals surface area (Å²) in [4.78, 5) is 5.61. The first-order valence-corrected chi connectivity index (χ1v) is 12.3. The smallest absolute Gasteiger partial charge is 0.218 e. The Hall–Kier alpha value is -2.42. The molecule has 0 unspecified atom stereocenters. The minimum atomic E-state index is -3.61. The molecule has 0 amide bonds. The number of benzene rings is 3. The molecular weight excluding hydrogens is 448 g/mol. The first-order valence-electron chi connectivity index (χ1n) is 10.3. The van der Waals surface area contributed by atoms with Crippen LogP contribution in [0.25, 0.3) is 0 Å². The lowest BCUT2D eigenvalue weighted by Gasteiger charge is -2.23. The molecule has 32 heavy (non-hydrogen) atoms. The van der Waals surface area contributed by atoms with Gasteiger partial charge in [-0.3, -0.25) is 4.84 Å². The number of nitrogens with one attached hydrogen (secondary N) is 1. The molecule has 1 N–H and O–H groups in total. The van der Waals surface area contributed by atoms with Crippen molar-refractivity contribution in [2.24, 2.45) is 0 Å². The molecule has 6 nitrogen and oxygen atoms in total. The fraction of sp³-hybridized carbons (Fsp3) is 0.250. The van der Waals surface area contributed by atoms with Gasteiger partial charge in [-0.2, -0.15) is 5.06 Å². The van der Waals surface area contributed by atoms with Gasteiger partial charge in [-0.15, -0.1) is 0 Å². The maximum absolute atomic E-state index is 13.1. The van der Waals surface area contributed by atoms with Gasteiger partial charge >= 0.3 is 0 Å². The van der Waals surface area contributed by atoms with Crippen LogP contribution >= 0.6 is 11.6 Å². The minimum Gasteiger partial charge on any atom is -0.457 e. The number of nitrogens with zero attached hydrogens (tertiary/aromatic N) is 1. The van der Waals surface area contributed by atoms with Crippen LogP contribution in [-0.2, 0) is 21.3 Å². The summed E-state index contributed by atoms with van der Waals surface area (Å²) in [5.74, 6) is 1.26. The van der Waals surface area contributed by atoms with E-state index >= 15 is 0 Å². The Labute approximate surface area is 193 Å². The number of hydroxylamine groups is 2. The summed E-state index contributed by atoms with van der Waals surface area (Å²) in [5, 5.41) is 1.49. The van der Waals surface area contributed by atoms with E-state index in [1.807, 2.05) is 54.6 Å². The van der Waals surface area contributed by atoms with Gasteiger partial charge in [0.1, 0.15) is 16.7 Å². The molecule has 1 aliphatic rings. The van der Waals surface area contributed by atoms with Crippen LogP contribution in [0.1, 0.15) is 17.2 Å². The maximum atomic E-state index is 13.1. The van der Waals surface area contributed by atoms with Crippen LogP contribution in [0.15, 0.2) is 78.9 Å². The Morgan fingerprint density at radius 1 is 1.03 bits per heavy atom. The van der Waals surface area contributed by atoms with Gasteiger partial charge in [-0.1, -0.05) is 54.1 Å². The largest absolute Gasteiger partial charge is 0.457 e. The van der Waals surface area contributed by atoms with Crippen LogP contribution < -0.4 is 9.46 Å². The highest BCUT2D eigenvalue weighted by molar-refractivity contribution is 7.90. The summed E-state index contributed by atoms with van der Waals surface area (Å²) in [5.41, 5.74) is 1.88. The van der Waals surface area contributed by atoms with Crippen LogP contribution in [0.2, 0.25) is 5.02 Å². The van der Waals surface area contributed by atoms with E-state index < -0.39 is 21.3 Å². The molecule has 1 saturated heterocycles. The lowest BCUT2D eigenvalue weighted by molar-refractivity contribution is -0.110. The Morgan fingerprint density at radius 3 is 2.53 bits per heavy atom. The van der Waals surface area contributed by atoms with Crippen LogP contribution in [0.5, 0.6) is 11.5 Å². The number of sulfonamides is 1. The maximum Gasteiger partial charge on any atom is 0.218 e. The van der Waals surface area contributed by atoms with Gasteiger partial charge in [0.15, 0.2) is 0 Å². The van der Waals surface area contributed by atoms with E-state index in [0.29, 0.717) is 29.5 Å². The molecule has 3 aromatic rings. The SMILES string of the molecule is CN1OC[C@H](S(=O)(=O)NCCc2ccccc2)[C@@H]1c1cccc(Oc2ccc(Cl)cc2)c1. The van der Waals surface area contributed by atoms with Crippen molar-refractivity contribution < 1.29 is 18.0 Å². The predicted molar refractivity (Wildman–Crippen MR) is 125 cm³/mol. The van der Waals surface area contributed by atoms with E-state index in [1.165, 1.54) is 0 Å². The Morgan fingerprint density at radius 2 is 1.78 bits per heavy atom. The van der Waals surface area contributed by atoms with Crippen molar-refractivity contribution in [1.82, 2.24) is 9.79 Å². The van der Waals surface area contributed by atoms with Crippen molar-refractivity contribution in [3.05, 3.63) is 95.0 Å². The third kappa shape index (κ3) is 5.49. The van der Waals surface area contributed by atoms with Crippen LogP contribution in [0.4, 0.5) is 0 Å². The molecule has 0 aliphatic carbocycles. The van der Waals surface area contributed by atoms with Gasteiger partial charge < -0.3 is 4.74 Å². The normalized spacial score (nSPS) is 19.2. The van der Waals surface area contributed by atoms with Crippen molar-refractivity contribution in [3.63, 3.8) is 0 Å². The topological polar surface area (TPSA) is 67.9 Å². The third-order valence-corrected chi connectivity index (χ3v) is 7.44. The summed E-state index contributed by atoms with van der Waals surface area (Å²) >= 11 is 5.93. The molecule has 0 spiro atoms. The average Bonchev–Trinajstić information content (AvgIpc) is 3.19. The van der Waals surface area contributed by atoms with Crippen molar-refractivity contribution >= 4 is 21.6 Å². The lowest BCUT2D eigenvalue weighted by atomic mass is 10.0. The van der Waals surface area contributed by atoms with Crippen molar-refractivity contribution in [2.45, 2.75) is 17.7 Å². The van der Waals surface area contributed by atoms with Gasteiger partial charge in [0.25, 0.3) is 0 Å². The van der Waals surface area contributed by atoms with E-state index in [2.05, 4.69) is 4.72 Å². The second-order valence-electron chi connectivity index (χ2n) is 7.63. The average molecular weight is 473 g/mol. The minimum absolute atomic E-state index is 0.0874. The number of halogens is 1. The first-order chi connectivity index (χ1) is 15.4. The highest BCUT2D eigenvalue weighted by Gasteiger charge is 2.43. The van der Waals surface area contributed by atoms with E-state index in [0.717, 1.165) is 11.1 Å². The molecule has 0 saturated carbocycles. The van der Waals surface area contributed by atoms with Crippen LogP contribution in [0, 0.1) is 0 Å². The van der Waals surface area contributed by atoms with Gasteiger partial charge in [0, 0.05) is 18.6 Å². The molecule has 0 radical (unpaired) electrons. The lowest BCUT2D eigenvalue weighted by Crippen LogP contribution is -2.40. The van der Waals surface area contributed by atoms with Crippen LogP contribution in [0.3, 0.4) is 0 Å². The second-order valence-corrected chi connectivity index (χ2v) is 10.0. The summed E-state index contributed by atoms with van der Waals surface area (Å²) < 4.78 is 34.9. The van der Waals surface area contributed by atoms with E-state index in [-0.39, 0.29) is 6.61 Å². The molecule has 3 aromatic carbocycles. The number of rotatable bonds is 8. The molecule has 8 heteroatoms. The monoisotopic (exact) mass is 472 g/mol. The van der Waals surface area contributed by atoms with E-state index in [9.17, 15) is 8.42 Å². The zero-order valence-electron chi connectivity index (χ0n) is 17.6. The molecule has 168 valence electrons. The second kappa shape index (κ2) is 10.0. The fourth-order valence-electron chi connectivity index (χ4n) is 3.77. The molecule has 1 aliphatic heterocycles. The molecule has 1 heterocycles. The van der Waals surface area contributed by atoms with Gasteiger partial charge in [0.05, 0.1) is 12.6 Å². The van der Waals surface area contributed by atoms with Gasteiger partial charge in [-0.05, 0) is 53.9 Å². The zero-order chi connectivity index (χ0) is 22.6. The quantitative estimate of drug-likeness (QED) is 0.519. The van der Waals surface area contributed by atoms with E-state index in [4.69, 9.17) is 21.2 Å². The highest BCUT2D eigenvalue weighted by Crippen LogP contribution is 2.35. The van der Waals surface area contributed by atoms with Gasteiger partial charge in [0.2, 0.25) is 10.0 Å². The predicted octanol–water partition coefficient (Wildman–Crippen LogP) is 4.58. The van der Waals surface area contributed by atoms with Crippen LogP contribution in [-0.4, -0.2) is 38.9 Å². The summed E-state index contributed by atoms with van der Waals surface area (Å²) in [6.07, 6.45) is 0.624. The zero-order valence-corrected chi connectivity index (χ0v) is 19.2. The first kappa shape index (κ1) is 22.8. The molecular formula is C24H25ClN2O4S. The molecule has 1 fully saturated rings. The van der Waals surface area contributed by atoms with Crippen molar-refractivity contribution in [1.29, 1.82) is 0 Å².